The molecule has 0 radical (unpaired) electrons. The Labute approximate surface area is 232 Å². The van der Waals surface area contributed by atoms with Gasteiger partial charge in [-0.2, -0.15) is 0 Å². The molecule has 5 rings (SSSR count). The SMILES string of the molecule is CC[C@H](CC(C)C)C[C@H](C)[C@@H]1CC[C@@H]2[C@H]3CC=C4C[C@@H](OC(=O)c5cccnc5)CC[C@]4(C)[C@@H]3CC[C@@]21C. The Bertz CT molecular complexity index is 1000. The molecule has 1 aromatic rings. The number of allylic oxidation sites excluding steroid dienone is 1. The number of carbonyl (C=O) groups is 1. The maximum Gasteiger partial charge on any atom is 0.339 e. The molecule has 0 aliphatic heterocycles. The first-order chi connectivity index (χ1) is 18.2. The summed E-state index contributed by atoms with van der Waals surface area (Å²) in [7, 11) is 0. The summed E-state index contributed by atoms with van der Waals surface area (Å²) in [5.74, 6) is 5.75. The number of carbonyl (C=O) groups excluding carboxylic acids is 1. The molecule has 0 amide bonds. The van der Waals surface area contributed by atoms with Crippen molar-refractivity contribution in [1.29, 1.82) is 0 Å². The van der Waals surface area contributed by atoms with Crippen LogP contribution in [-0.2, 0) is 4.74 Å². The molecule has 4 aliphatic rings. The minimum Gasteiger partial charge on any atom is -0.458 e. The van der Waals surface area contributed by atoms with Crippen LogP contribution in [0.4, 0.5) is 0 Å². The van der Waals surface area contributed by atoms with E-state index < -0.39 is 0 Å². The summed E-state index contributed by atoms with van der Waals surface area (Å²) in [5.41, 5.74) is 2.95. The highest BCUT2D eigenvalue weighted by Gasteiger charge is 2.59. The van der Waals surface area contributed by atoms with Gasteiger partial charge in [0.2, 0.25) is 0 Å². The Kier molecular flexibility index (Phi) is 8.14. The van der Waals surface area contributed by atoms with Crippen LogP contribution in [0.5, 0.6) is 0 Å². The van der Waals surface area contributed by atoms with Crippen molar-refractivity contribution in [3.05, 3.63) is 41.7 Å². The van der Waals surface area contributed by atoms with Crippen molar-refractivity contribution < 1.29 is 9.53 Å². The molecule has 1 aromatic heterocycles. The van der Waals surface area contributed by atoms with Gasteiger partial charge in [-0.25, -0.2) is 4.79 Å². The number of aromatic nitrogens is 1. The first-order valence-corrected chi connectivity index (χ1v) is 16.0. The number of rotatable bonds is 8. The number of pyridine rings is 1. The zero-order valence-electron chi connectivity index (χ0n) is 25.0. The molecule has 38 heavy (non-hydrogen) atoms. The Hall–Kier alpha value is -1.64. The quantitative estimate of drug-likeness (QED) is 0.254. The first-order valence-electron chi connectivity index (χ1n) is 16.0. The third-order valence-corrected chi connectivity index (χ3v) is 12.1. The van der Waals surface area contributed by atoms with Gasteiger partial charge in [-0.3, -0.25) is 4.98 Å². The summed E-state index contributed by atoms with van der Waals surface area (Å²) in [6.45, 7) is 15.1. The molecule has 1 heterocycles. The summed E-state index contributed by atoms with van der Waals surface area (Å²) in [4.78, 5) is 16.8. The molecule has 0 aromatic carbocycles. The van der Waals surface area contributed by atoms with Gasteiger partial charge in [-0.15, -0.1) is 0 Å². The first kappa shape index (κ1) is 27.9. The molecule has 3 fully saturated rings. The molecule has 0 saturated heterocycles. The van der Waals surface area contributed by atoms with Crippen LogP contribution in [0, 0.1) is 52.3 Å². The lowest BCUT2D eigenvalue weighted by Crippen LogP contribution is -2.51. The average molecular weight is 520 g/mol. The van der Waals surface area contributed by atoms with Crippen molar-refractivity contribution in [2.75, 3.05) is 0 Å². The van der Waals surface area contributed by atoms with Gasteiger partial charge in [0.15, 0.2) is 0 Å². The molecular formula is C35H53NO2. The third-order valence-electron chi connectivity index (χ3n) is 12.1. The van der Waals surface area contributed by atoms with Gasteiger partial charge in [-0.05, 0) is 122 Å². The fourth-order valence-electron chi connectivity index (χ4n) is 10.2. The zero-order valence-corrected chi connectivity index (χ0v) is 25.0. The van der Waals surface area contributed by atoms with Gasteiger partial charge in [-0.1, -0.05) is 59.6 Å². The van der Waals surface area contributed by atoms with Crippen molar-refractivity contribution in [3.63, 3.8) is 0 Å². The van der Waals surface area contributed by atoms with Crippen LogP contribution in [0.3, 0.4) is 0 Å². The monoisotopic (exact) mass is 519 g/mol. The predicted molar refractivity (Wildman–Crippen MR) is 156 cm³/mol. The fraction of sp³-hybridized carbons (Fsp3) is 0.771. The van der Waals surface area contributed by atoms with Crippen LogP contribution in [0.1, 0.15) is 123 Å². The lowest BCUT2D eigenvalue weighted by Gasteiger charge is -2.58. The fourth-order valence-corrected chi connectivity index (χ4v) is 10.2. The number of hydrogen-bond donors (Lipinski definition) is 0. The van der Waals surface area contributed by atoms with E-state index in [9.17, 15) is 4.79 Å². The smallest absolute Gasteiger partial charge is 0.339 e. The predicted octanol–water partition coefficient (Wildman–Crippen LogP) is 9.28. The number of ether oxygens (including phenoxy) is 1. The van der Waals surface area contributed by atoms with E-state index in [1.165, 1.54) is 51.4 Å². The molecule has 0 unspecified atom stereocenters. The number of esters is 1. The van der Waals surface area contributed by atoms with Gasteiger partial charge >= 0.3 is 5.97 Å². The van der Waals surface area contributed by atoms with Crippen molar-refractivity contribution in [1.82, 2.24) is 4.98 Å². The molecular weight excluding hydrogens is 466 g/mol. The van der Waals surface area contributed by atoms with Gasteiger partial charge in [0, 0.05) is 18.8 Å². The van der Waals surface area contributed by atoms with E-state index in [0.717, 1.165) is 60.7 Å². The summed E-state index contributed by atoms with van der Waals surface area (Å²) >= 11 is 0. The maximum atomic E-state index is 12.7. The summed E-state index contributed by atoms with van der Waals surface area (Å²) < 4.78 is 5.98. The van der Waals surface area contributed by atoms with Gasteiger partial charge in [0.1, 0.15) is 6.10 Å². The van der Waals surface area contributed by atoms with Crippen molar-refractivity contribution in [2.45, 2.75) is 118 Å². The molecule has 9 atom stereocenters. The lowest BCUT2D eigenvalue weighted by molar-refractivity contribution is -0.0602. The summed E-state index contributed by atoms with van der Waals surface area (Å²) in [6.07, 6.45) is 20.1. The number of nitrogens with zero attached hydrogens (tertiary/aromatic N) is 1. The Balaban J connectivity index is 1.26. The maximum absolute atomic E-state index is 12.7. The van der Waals surface area contributed by atoms with Crippen LogP contribution in [-0.4, -0.2) is 17.1 Å². The van der Waals surface area contributed by atoms with Gasteiger partial charge in [0.25, 0.3) is 0 Å². The van der Waals surface area contributed by atoms with Crippen molar-refractivity contribution in [3.8, 4) is 0 Å². The van der Waals surface area contributed by atoms with Crippen LogP contribution >= 0.6 is 0 Å². The largest absolute Gasteiger partial charge is 0.458 e. The molecule has 0 N–H and O–H groups in total. The second-order valence-corrected chi connectivity index (χ2v) is 14.6. The zero-order chi connectivity index (χ0) is 27.1. The van der Waals surface area contributed by atoms with Crippen LogP contribution in [0.2, 0.25) is 0 Å². The minimum atomic E-state index is -0.223. The minimum absolute atomic E-state index is 0.00139. The second kappa shape index (κ2) is 11.1. The van der Waals surface area contributed by atoms with E-state index in [2.05, 4.69) is 52.6 Å². The van der Waals surface area contributed by atoms with E-state index in [1.54, 1.807) is 30.1 Å². The standard InChI is InChI=1S/C35H53NO2/c1-7-25(19-23(2)3)20-24(4)30-12-13-31-29-11-10-27-21-28(38-33(37)26-9-8-18-36-22-26)14-16-34(27,5)32(29)15-17-35(30,31)6/h8-10,18,22-25,28-32H,7,11-17,19-21H2,1-6H3/t24-,25+,28-,29+,30-,31+,32+,34-,35+/m0/s1. The molecule has 3 saturated carbocycles. The van der Waals surface area contributed by atoms with E-state index >= 15 is 0 Å². The highest BCUT2D eigenvalue weighted by Crippen LogP contribution is 2.67. The van der Waals surface area contributed by atoms with Crippen LogP contribution < -0.4 is 0 Å². The van der Waals surface area contributed by atoms with Crippen LogP contribution in [0.25, 0.3) is 0 Å². The summed E-state index contributed by atoms with van der Waals surface area (Å²) in [5, 5.41) is 0. The molecule has 4 aliphatic carbocycles. The van der Waals surface area contributed by atoms with Gasteiger partial charge < -0.3 is 4.74 Å². The highest BCUT2D eigenvalue weighted by atomic mass is 16.5. The third kappa shape index (κ3) is 5.13. The molecule has 0 bridgehead atoms. The van der Waals surface area contributed by atoms with Crippen LogP contribution in [0.15, 0.2) is 36.2 Å². The topological polar surface area (TPSA) is 39.2 Å². The van der Waals surface area contributed by atoms with E-state index in [0.29, 0.717) is 11.0 Å². The molecule has 0 spiro atoms. The molecule has 3 nitrogen and oxygen atoms in total. The average Bonchev–Trinajstić information content (AvgIpc) is 3.26. The van der Waals surface area contributed by atoms with Gasteiger partial charge in [0.05, 0.1) is 5.56 Å². The van der Waals surface area contributed by atoms with E-state index in [-0.39, 0.29) is 17.5 Å². The van der Waals surface area contributed by atoms with E-state index in [4.69, 9.17) is 4.74 Å². The van der Waals surface area contributed by atoms with E-state index in [1.807, 2.05) is 0 Å². The number of fused-ring (bicyclic) bond motifs is 5. The van der Waals surface area contributed by atoms with Crippen molar-refractivity contribution in [2.24, 2.45) is 52.3 Å². The molecule has 210 valence electrons. The Morgan fingerprint density at radius 2 is 1.89 bits per heavy atom. The number of hydrogen-bond acceptors (Lipinski definition) is 3. The Morgan fingerprint density at radius 3 is 2.61 bits per heavy atom. The van der Waals surface area contributed by atoms with Crippen molar-refractivity contribution >= 4 is 5.97 Å². The Morgan fingerprint density at radius 1 is 1.08 bits per heavy atom. The normalized spacial score (nSPS) is 38.0. The lowest BCUT2D eigenvalue weighted by atomic mass is 9.47. The highest BCUT2D eigenvalue weighted by molar-refractivity contribution is 5.89. The molecule has 3 heteroatoms. The second-order valence-electron chi connectivity index (χ2n) is 14.6. The summed E-state index contributed by atoms with van der Waals surface area (Å²) in [6, 6.07) is 3.60.